The van der Waals surface area contributed by atoms with E-state index in [0.717, 1.165) is 25.7 Å². The molecule has 0 fully saturated rings. The van der Waals surface area contributed by atoms with Crippen LogP contribution in [0.2, 0.25) is 0 Å². The van der Waals surface area contributed by atoms with Gasteiger partial charge in [-0.05, 0) is 30.7 Å². The summed E-state index contributed by atoms with van der Waals surface area (Å²) in [7, 11) is 0. The lowest BCUT2D eigenvalue weighted by Crippen LogP contribution is -2.17. The summed E-state index contributed by atoms with van der Waals surface area (Å²) in [5.41, 5.74) is 1.37. The van der Waals surface area contributed by atoms with Gasteiger partial charge in [0.05, 0.1) is 6.10 Å². The van der Waals surface area contributed by atoms with Crippen LogP contribution in [-0.4, -0.2) is 11.2 Å². The summed E-state index contributed by atoms with van der Waals surface area (Å²) in [5.74, 6) is 0.408. The molecule has 15 heavy (non-hydrogen) atoms. The van der Waals surface area contributed by atoms with Crippen molar-refractivity contribution in [3.8, 4) is 0 Å². The molecule has 84 valence electrons. The first-order chi connectivity index (χ1) is 7.24. The summed E-state index contributed by atoms with van der Waals surface area (Å²) >= 11 is 0. The molecule has 0 aliphatic heterocycles. The molecule has 2 atom stereocenters. The number of rotatable bonds is 6. The smallest absolute Gasteiger partial charge is 0.0565 e. The number of aliphatic hydroxyl groups excluding tert-OH is 1. The van der Waals surface area contributed by atoms with Gasteiger partial charge in [0.2, 0.25) is 0 Å². The van der Waals surface area contributed by atoms with E-state index in [0.29, 0.717) is 5.92 Å². The molecule has 0 radical (unpaired) electrons. The normalized spacial score (nSPS) is 14.9. The first-order valence-electron chi connectivity index (χ1n) is 5.96. The van der Waals surface area contributed by atoms with E-state index in [9.17, 15) is 5.11 Å². The van der Waals surface area contributed by atoms with Crippen LogP contribution < -0.4 is 0 Å². The highest BCUT2D eigenvalue weighted by atomic mass is 16.3. The Morgan fingerprint density at radius 1 is 1.13 bits per heavy atom. The molecule has 1 aromatic rings. The van der Waals surface area contributed by atoms with Crippen LogP contribution in [-0.2, 0) is 6.42 Å². The average molecular weight is 206 g/mol. The van der Waals surface area contributed by atoms with Gasteiger partial charge in [-0.25, -0.2) is 0 Å². The first-order valence-corrected chi connectivity index (χ1v) is 5.96. The molecule has 0 aliphatic rings. The van der Waals surface area contributed by atoms with Gasteiger partial charge in [0.25, 0.3) is 0 Å². The van der Waals surface area contributed by atoms with E-state index in [1.54, 1.807) is 0 Å². The number of hydrogen-bond acceptors (Lipinski definition) is 1. The van der Waals surface area contributed by atoms with Crippen LogP contribution >= 0.6 is 0 Å². The third kappa shape index (κ3) is 4.48. The highest BCUT2D eigenvalue weighted by Gasteiger charge is 2.12. The van der Waals surface area contributed by atoms with Crippen molar-refractivity contribution >= 4 is 0 Å². The fraction of sp³-hybridized carbons (Fsp3) is 0.571. The lowest BCUT2D eigenvalue weighted by Gasteiger charge is -2.17. The van der Waals surface area contributed by atoms with Crippen LogP contribution in [0.3, 0.4) is 0 Å². The molecule has 1 N–H and O–H groups in total. The maximum Gasteiger partial charge on any atom is 0.0565 e. The Bertz CT molecular complexity index is 255. The van der Waals surface area contributed by atoms with Crippen molar-refractivity contribution in [3.63, 3.8) is 0 Å². The van der Waals surface area contributed by atoms with Crippen molar-refractivity contribution in [2.24, 2.45) is 5.92 Å². The molecule has 0 heterocycles. The monoisotopic (exact) mass is 206 g/mol. The lowest BCUT2D eigenvalue weighted by atomic mass is 9.94. The molecule has 0 saturated heterocycles. The first kappa shape index (κ1) is 12.3. The minimum atomic E-state index is -0.126. The van der Waals surface area contributed by atoms with Gasteiger partial charge in [-0.3, -0.25) is 0 Å². The SMILES string of the molecule is CCCC(O)C(C)CCc1ccccc1. The summed E-state index contributed by atoms with van der Waals surface area (Å²) in [4.78, 5) is 0. The van der Waals surface area contributed by atoms with Crippen molar-refractivity contribution < 1.29 is 5.11 Å². The third-order valence-corrected chi connectivity index (χ3v) is 2.97. The molecule has 2 unspecified atom stereocenters. The van der Waals surface area contributed by atoms with Crippen LogP contribution in [0.1, 0.15) is 38.7 Å². The quantitative estimate of drug-likeness (QED) is 0.756. The van der Waals surface area contributed by atoms with E-state index < -0.39 is 0 Å². The zero-order valence-electron chi connectivity index (χ0n) is 9.82. The van der Waals surface area contributed by atoms with Gasteiger partial charge in [-0.2, -0.15) is 0 Å². The van der Waals surface area contributed by atoms with Crippen molar-refractivity contribution in [2.75, 3.05) is 0 Å². The fourth-order valence-corrected chi connectivity index (χ4v) is 1.81. The molecule has 1 rings (SSSR count). The van der Waals surface area contributed by atoms with Gasteiger partial charge in [0, 0.05) is 0 Å². The Kier molecular flexibility index (Phi) is 5.41. The Morgan fingerprint density at radius 3 is 2.40 bits per heavy atom. The van der Waals surface area contributed by atoms with Crippen LogP contribution in [0.25, 0.3) is 0 Å². The van der Waals surface area contributed by atoms with Crippen LogP contribution in [0.15, 0.2) is 30.3 Å². The van der Waals surface area contributed by atoms with Gasteiger partial charge in [-0.1, -0.05) is 50.6 Å². The van der Waals surface area contributed by atoms with Crippen molar-refractivity contribution in [1.29, 1.82) is 0 Å². The molecule has 0 saturated carbocycles. The summed E-state index contributed by atoms with van der Waals surface area (Å²) in [6.07, 6.45) is 4.01. The number of aliphatic hydroxyl groups is 1. The van der Waals surface area contributed by atoms with E-state index >= 15 is 0 Å². The van der Waals surface area contributed by atoms with Gasteiger partial charge in [-0.15, -0.1) is 0 Å². The molecular formula is C14H22O. The molecule has 0 bridgehead atoms. The second-order valence-electron chi connectivity index (χ2n) is 4.36. The molecule has 1 nitrogen and oxygen atoms in total. The standard InChI is InChI=1S/C14H22O/c1-3-7-14(15)12(2)10-11-13-8-5-4-6-9-13/h4-6,8-9,12,14-15H,3,7,10-11H2,1-2H3. The van der Waals surface area contributed by atoms with Crippen LogP contribution in [0, 0.1) is 5.92 Å². The molecule has 0 aliphatic carbocycles. The Hall–Kier alpha value is -0.820. The minimum Gasteiger partial charge on any atom is -0.393 e. The number of benzene rings is 1. The second-order valence-corrected chi connectivity index (χ2v) is 4.36. The highest BCUT2D eigenvalue weighted by molar-refractivity contribution is 5.14. The largest absolute Gasteiger partial charge is 0.393 e. The van der Waals surface area contributed by atoms with E-state index in [-0.39, 0.29) is 6.10 Å². The zero-order valence-corrected chi connectivity index (χ0v) is 9.82. The molecule has 0 spiro atoms. The van der Waals surface area contributed by atoms with Crippen LogP contribution in [0.5, 0.6) is 0 Å². The summed E-state index contributed by atoms with van der Waals surface area (Å²) in [5, 5.41) is 9.80. The predicted molar refractivity (Wildman–Crippen MR) is 64.8 cm³/mol. The highest BCUT2D eigenvalue weighted by Crippen LogP contribution is 2.16. The molecule has 0 aromatic heterocycles. The molecular weight excluding hydrogens is 184 g/mol. The molecule has 1 aromatic carbocycles. The van der Waals surface area contributed by atoms with E-state index in [2.05, 4.69) is 38.1 Å². The third-order valence-electron chi connectivity index (χ3n) is 2.97. The molecule has 0 amide bonds. The topological polar surface area (TPSA) is 20.2 Å². The van der Waals surface area contributed by atoms with E-state index in [1.165, 1.54) is 5.56 Å². The van der Waals surface area contributed by atoms with Gasteiger partial charge >= 0.3 is 0 Å². The van der Waals surface area contributed by atoms with Gasteiger partial charge < -0.3 is 5.11 Å². The Morgan fingerprint density at radius 2 is 1.80 bits per heavy atom. The average Bonchev–Trinajstić information content (AvgIpc) is 2.27. The summed E-state index contributed by atoms with van der Waals surface area (Å²) in [6.45, 7) is 4.26. The predicted octanol–water partition coefficient (Wildman–Crippen LogP) is 3.42. The maximum atomic E-state index is 9.80. The minimum absolute atomic E-state index is 0.126. The van der Waals surface area contributed by atoms with Crippen molar-refractivity contribution in [1.82, 2.24) is 0 Å². The number of hydrogen-bond donors (Lipinski definition) is 1. The van der Waals surface area contributed by atoms with Crippen molar-refractivity contribution in [2.45, 2.75) is 45.6 Å². The van der Waals surface area contributed by atoms with Crippen LogP contribution in [0.4, 0.5) is 0 Å². The lowest BCUT2D eigenvalue weighted by molar-refractivity contribution is 0.102. The summed E-state index contributed by atoms with van der Waals surface area (Å²) < 4.78 is 0. The molecule has 1 heteroatoms. The maximum absolute atomic E-state index is 9.80. The van der Waals surface area contributed by atoms with Gasteiger partial charge in [0.1, 0.15) is 0 Å². The summed E-state index contributed by atoms with van der Waals surface area (Å²) in [6, 6.07) is 10.5. The Labute approximate surface area is 93.1 Å². The zero-order chi connectivity index (χ0) is 11.1. The van der Waals surface area contributed by atoms with Gasteiger partial charge in [0.15, 0.2) is 0 Å². The van der Waals surface area contributed by atoms with E-state index in [1.807, 2.05) is 6.07 Å². The fourth-order valence-electron chi connectivity index (χ4n) is 1.81. The number of aryl methyl sites for hydroxylation is 1. The Balaban J connectivity index is 2.31. The van der Waals surface area contributed by atoms with E-state index in [4.69, 9.17) is 0 Å². The van der Waals surface area contributed by atoms with Crippen molar-refractivity contribution in [3.05, 3.63) is 35.9 Å². The second kappa shape index (κ2) is 6.62.